The lowest BCUT2D eigenvalue weighted by Gasteiger charge is -2.03. The van der Waals surface area contributed by atoms with Crippen LogP contribution in [0.15, 0.2) is 72.4 Å². The molecule has 1 heterocycles. The maximum atomic E-state index is 5.46. The first kappa shape index (κ1) is 15.9. The van der Waals surface area contributed by atoms with E-state index in [2.05, 4.69) is 21.9 Å². The van der Waals surface area contributed by atoms with Gasteiger partial charge in [0, 0.05) is 5.56 Å². The van der Waals surface area contributed by atoms with Crippen LogP contribution in [0.2, 0.25) is 0 Å². The predicted octanol–water partition coefficient (Wildman–Crippen LogP) is 4.05. The lowest BCUT2D eigenvalue weighted by atomic mass is 10.2. The Morgan fingerprint density at radius 3 is 2.62 bits per heavy atom. The molecule has 0 radical (unpaired) electrons. The summed E-state index contributed by atoms with van der Waals surface area (Å²) in [5, 5.41) is 11.5. The van der Waals surface area contributed by atoms with Crippen molar-refractivity contribution in [3.8, 4) is 17.1 Å². The van der Waals surface area contributed by atoms with Crippen molar-refractivity contribution < 1.29 is 4.74 Å². The fraction of sp³-hybridized carbons (Fsp3) is 0.0556. The first-order valence-electron chi connectivity index (χ1n) is 7.39. The van der Waals surface area contributed by atoms with Gasteiger partial charge in [0.15, 0.2) is 5.82 Å². The van der Waals surface area contributed by atoms with Crippen LogP contribution in [0.25, 0.3) is 11.4 Å². The van der Waals surface area contributed by atoms with E-state index >= 15 is 0 Å². The summed E-state index contributed by atoms with van der Waals surface area (Å²) < 4.78 is 7.50. The van der Waals surface area contributed by atoms with Crippen molar-refractivity contribution in [1.82, 2.24) is 14.9 Å². The van der Waals surface area contributed by atoms with Gasteiger partial charge in [0.1, 0.15) is 12.4 Å². The molecule has 0 unspecified atom stereocenters. The molecular formula is C18H16N4OS. The van der Waals surface area contributed by atoms with Gasteiger partial charge in [0.2, 0.25) is 4.77 Å². The Balaban J connectivity index is 1.83. The standard InChI is InChI=1S/C18H16N4OS/c1-2-12-23-16-10-8-14(9-11-16)13-19-22-17(20-21-18(22)24)15-6-4-3-5-7-15/h2-11,13H,1,12H2,(H,21,24)/b19-13+. The van der Waals surface area contributed by atoms with Gasteiger partial charge in [-0.15, -0.1) is 0 Å². The van der Waals surface area contributed by atoms with Crippen molar-refractivity contribution in [2.45, 2.75) is 0 Å². The molecule has 120 valence electrons. The van der Waals surface area contributed by atoms with Crippen molar-refractivity contribution in [2.24, 2.45) is 5.10 Å². The highest BCUT2D eigenvalue weighted by atomic mass is 32.1. The smallest absolute Gasteiger partial charge is 0.216 e. The number of nitrogens with one attached hydrogen (secondary N) is 1. The van der Waals surface area contributed by atoms with E-state index in [1.54, 1.807) is 17.0 Å². The van der Waals surface area contributed by atoms with Gasteiger partial charge < -0.3 is 4.74 Å². The number of benzene rings is 2. The molecule has 5 nitrogen and oxygen atoms in total. The van der Waals surface area contributed by atoms with Gasteiger partial charge in [-0.1, -0.05) is 43.0 Å². The molecule has 0 aliphatic carbocycles. The second-order valence-electron chi connectivity index (χ2n) is 4.94. The summed E-state index contributed by atoms with van der Waals surface area (Å²) in [7, 11) is 0. The van der Waals surface area contributed by atoms with E-state index < -0.39 is 0 Å². The molecule has 3 rings (SSSR count). The Hall–Kier alpha value is -2.99. The normalized spacial score (nSPS) is 10.8. The van der Waals surface area contributed by atoms with E-state index in [1.165, 1.54) is 0 Å². The number of hydrogen-bond acceptors (Lipinski definition) is 4. The maximum absolute atomic E-state index is 5.46. The van der Waals surface area contributed by atoms with Crippen LogP contribution < -0.4 is 4.74 Å². The lowest BCUT2D eigenvalue weighted by molar-refractivity contribution is 0.363. The van der Waals surface area contributed by atoms with Gasteiger partial charge in [-0.2, -0.15) is 14.9 Å². The number of aromatic nitrogens is 3. The van der Waals surface area contributed by atoms with Crippen molar-refractivity contribution in [3.63, 3.8) is 0 Å². The molecule has 24 heavy (non-hydrogen) atoms. The minimum Gasteiger partial charge on any atom is -0.490 e. The summed E-state index contributed by atoms with van der Waals surface area (Å²) in [6, 6.07) is 17.4. The van der Waals surface area contributed by atoms with Crippen molar-refractivity contribution in [2.75, 3.05) is 6.61 Å². The fourth-order valence-electron chi connectivity index (χ4n) is 2.10. The van der Waals surface area contributed by atoms with Crippen LogP contribution in [0, 0.1) is 4.77 Å². The lowest BCUT2D eigenvalue weighted by Crippen LogP contribution is -1.95. The number of nitrogens with zero attached hydrogens (tertiary/aromatic N) is 3. The third-order valence-corrected chi connectivity index (χ3v) is 3.52. The van der Waals surface area contributed by atoms with Gasteiger partial charge in [-0.25, -0.2) is 5.10 Å². The summed E-state index contributed by atoms with van der Waals surface area (Å²) in [4.78, 5) is 0. The molecule has 1 N–H and O–H groups in total. The average Bonchev–Trinajstić information content (AvgIpc) is 3.00. The molecule has 0 atom stereocenters. The van der Waals surface area contributed by atoms with Crippen LogP contribution in [0.1, 0.15) is 5.56 Å². The Bertz CT molecular complexity index is 895. The summed E-state index contributed by atoms with van der Waals surface area (Å²) in [5.41, 5.74) is 1.87. The Kier molecular flexibility index (Phi) is 4.98. The molecule has 0 spiro atoms. The van der Waals surface area contributed by atoms with Gasteiger partial charge in [0.25, 0.3) is 0 Å². The molecule has 0 saturated carbocycles. The van der Waals surface area contributed by atoms with Crippen LogP contribution in [0.3, 0.4) is 0 Å². The zero-order chi connectivity index (χ0) is 16.8. The highest BCUT2D eigenvalue weighted by Crippen LogP contribution is 2.16. The molecule has 6 heteroatoms. The second kappa shape index (κ2) is 7.52. The minimum atomic E-state index is 0.441. The average molecular weight is 336 g/mol. The predicted molar refractivity (Wildman–Crippen MR) is 98.0 cm³/mol. The first-order valence-corrected chi connectivity index (χ1v) is 7.80. The number of H-pyrrole nitrogens is 1. The van der Waals surface area contributed by atoms with Crippen LogP contribution in [0.5, 0.6) is 5.75 Å². The van der Waals surface area contributed by atoms with E-state index in [4.69, 9.17) is 17.0 Å². The van der Waals surface area contributed by atoms with Gasteiger partial charge in [-0.05, 0) is 42.0 Å². The van der Waals surface area contributed by atoms with E-state index in [0.29, 0.717) is 17.2 Å². The van der Waals surface area contributed by atoms with E-state index in [9.17, 15) is 0 Å². The quantitative estimate of drug-likeness (QED) is 0.420. The van der Waals surface area contributed by atoms with E-state index in [0.717, 1.165) is 16.9 Å². The molecule has 0 aliphatic heterocycles. The molecule has 0 aliphatic rings. The minimum absolute atomic E-state index is 0.441. The highest BCUT2D eigenvalue weighted by molar-refractivity contribution is 7.71. The zero-order valence-corrected chi connectivity index (χ0v) is 13.7. The molecular weight excluding hydrogens is 320 g/mol. The summed E-state index contributed by atoms with van der Waals surface area (Å²) in [5.74, 6) is 1.46. The molecule has 1 aromatic heterocycles. The molecule has 0 bridgehead atoms. The number of ether oxygens (including phenoxy) is 1. The van der Waals surface area contributed by atoms with Gasteiger partial charge in [0.05, 0.1) is 6.21 Å². The summed E-state index contributed by atoms with van der Waals surface area (Å²) in [6.07, 6.45) is 3.44. The number of hydrogen-bond donors (Lipinski definition) is 1. The maximum Gasteiger partial charge on any atom is 0.216 e. The Morgan fingerprint density at radius 1 is 1.17 bits per heavy atom. The van der Waals surface area contributed by atoms with Crippen LogP contribution in [-0.4, -0.2) is 27.7 Å². The number of aromatic amines is 1. The molecule has 0 saturated heterocycles. The van der Waals surface area contributed by atoms with Crippen LogP contribution in [0.4, 0.5) is 0 Å². The summed E-state index contributed by atoms with van der Waals surface area (Å²) >= 11 is 5.26. The highest BCUT2D eigenvalue weighted by Gasteiger charge is 2.06. The molecule has 2 aromatic carbocycles. The van der Waals surface area contributed by atoms with E-state index in [1.807, 2.05) is 54.6 Å². The zero-order valence-electron chi connectivity index (χ0n) is 12.9. The molecule has 3 aromatic rings. The Morgan fingerprint density at radius 2 is 1.92 bits per heavy atom. The first-order chi connectivity index (χ1) is 11.8. The third-order valence-electron chi connectivity index (χ3n) is 3.25. The molecule has 0 amide bonds. The fourth-order valence-corrected chi connectivity index (χ4v) is 2.28. The van der Waals surface area contributed by atoms with Gasteiger partial charge in [-0.3, -0.25) is 0 Å². The third kappa shape index (κ3) is 3.67. The van der Waals surface area contributed by atoms with E-state index in [-0.39, 0.29) is 0 Å². The second-order valence-corrected chi connectivity index (χ2v) is 5.33. The van der Waals surface area contributed by atoms with Crippen LogP contribution >= 0.6 is 12.2 Å². The Labute approximate surface area is 144 Å². The van der Waals surface area contributed by atoms with Gasteiger partial charge >= 0.3 is 0 Å². The van der Waals surface area contributed by atoms with Crippen molar-refractivity contribution in [1.29, 1.82) is 0 Å². The van der Waals surface area contributed by atoms with Crippen LogP contribution in [-0.2, 0) is 0 Å². The van der Waals surface area contributed by atoms with Crippen molar-refractivity contribution in [3.05, 3.63) is 77.6 Å². The van der Waals surface area contributed by atoms with Crippen molar-refractivity contribution >= 4 is 18.4 Å². The topological polar surface area (TPSA) is 55.2 Å². The number of rotatable bonds is 6. The SMILES string of the molecule is C=CCOc1ccc(/C=N/n2c(-c3ccccc3)n[nH]c2=S)cc1. The largest absolute Gasteiger partial charge is 0.490 e. The monoisotopic (exact) mass is 336 g/mol. The molecule has 0 fully saturated rings. The summed E-state index contributed by atoms with van der Waals surface area (Å²) in [6.45, 7) is 4.11.